The average molecular weight is 385 g/mol. The summed E-state index contributed by atoms with van der Waals surface area (Å²) in [5.74, 6) is 1.74. The van der Waals surface area contributed by atoms with Crippen molar-refractivity contribution < 1.29 is 14.6 Å². The quantitative estimate of drug-likeness (QED) is 0.758. The third kappa shape index (κ3) is 5.04. The number of aliphatic hydroxyl groups excluding tert-OH is 1. The van der Waals surface area contributed by atoms with Crippen molar-refractivity contribution in [3.8, 4) is 11.5 Å². The first-order valence-corrected chi connectivity index (χ1v) is 9.97. The Morgan fingerprint density at radius 3 is 2.54 bits per heavy atom. The molecule has 2 aromatic carbocycles. The second-order valence-corrected chi connectivity index (χ2v) is 7.48. The summed E-state index contributed by atoms with van der Waals surface area (Å²) < 4.78 is 10.9. The van der Waals surface area contributed by atoms with Crippen LogP contribution < -0.4 is 9.47 Å². The molecule has 5 heteroatoms. The zero-order valence-electron chi connectivity index (χ0n) is 17.2. The molecule has 1 N–H and O–H groups in total. The lowest BCUT2D eigenvalue weighted by molar-refractivity contribution is 0.0495. The van der Waals surface area contributed by atoms with Crippen LogP contribution in [0.3, 0.4) is 0 Å². The minimum Gasteiger partial charge on any atom is -0.497 e. The zero-order valence-corrected chi connectivity index (χ0v) is 17.2. The monoisotopic (exact) mass is 384 g/mol. The Labute approximate surface area is 168 Å². The van der Waals surface area contributed by atoms with E-state index in [-0.39, 0.29) is 6.61 Å². The van der Waals surface area contributed by atoms with E-state index in [0.29, 0.717) is 6.04 Å². The molecule has 28 heavy (non-hydrogen) atoms. The molecule has 0 aliphatic carbocycles. The number of hydrogen-bond donors (Lipinski definition) is 1. The highest BCUT2D eigenvalue weighted by Gasteiger charge is 2.27. The first-order valence-electron chi connectivity index (χ1n) is 9.97. The van der Waals surface area contributed by atoms with E-state index in [1.165, 1.54) is 11.1 Å². The number of ether oxygens (including phenoxy) is 2. The lowest BCUT2D eigenvalue weighted by Crippen LogP contribution is -2.52. The van der Waals surface area contributed by atoms with Crippen molar-refractivity contribution >= 4 is 0 Å². The van der Waals surface area contributed by atoms with Crippen LogP contribution in [0.1, 0.15) is 23.1 Å². The number of benzene rings is 2. The molecule has 0 spiro atoms. The van der Waals surface area contributed by atoms with E-state index in [1.807, 2.05) is 12.1 Å². The van der Waals surface area contributed by atoms with Gasteiger partial charge in [0, 0.05) is 50.9 Å². The Balaban J connectivity index is 1.69. The maximum Gasteiger partial charge on any atom is 0.123 e. The molecule has 0 unspecified atom stereocenters. The van der Waals surface area contributed by atoms with Gasteiger partial charge in [0.15, 0.2) is 0 Å². The molecule has 1 fully saturated rings. The van der Waals surface area contributed by atoms with Crippen LogP contribution >= 0.6 is 0 Å². The van der Waals surface area contributed by atoms with E-state index in [9.17, 15) is 5.11 Å². The Morgan fingerprint density at radius 2 is 1.82 bits per heavy atom. The van der Waals surface area contributed by atoms with Gasteiger partial charge in [0.1, 0.15) is 11.5 Å². The van der Waals surface area contributed by atoms with Crippen molar-refractivity contribution in [2.45, 2.75) is 32.5 Å². The molecule has 0 amide bonds. The third-order valence-electron chi connectivity index (χ3n) is 5.67. The highest BCUT2D eigenvalue weighted by atomic mass is 16.5. The van der Waals surface area contributed by atoms with Gasteiger partial charge >= 0.3 is 0 Å². The molecule has 3 rings (SSSR count). The molecule has 0 bridgehead atoms. The van der Waals surface area contributed by atoms with Crippen LogP contribution in [-0.2, 0) is 13.1 Å². The Hall–Kier alpha value is -2.08. The topological polar surface area (TPSA) is 45.2 Å². The molecule has 0 aromatic heterocycles. The maximum absolute atomic E-state index is 9.60. The van der Waals surface area contributed by atoms with Gasteiger partial charge in [-0.3, -0.25) is 9.80 Å². The van der Waals surface area contributed by atoms with Crippen molar-refractivity contribution in [1.82, 2.24) is 9.80 Å². The van der Waals surface area contributed by atoms with Gasteiger partial charge in [0.2, 0.25) is 0 Å². The van der Waals surface area contributed by atoms with Crippen LogP contribution in [0, 0.1) is 6.92 Å². The lowest BCUT2D eigenvalue weighted by Gasteiger charge is -2.41. The molecule has 1 aliphatic rings. The van der Waals surface area contributed by atoms with Gasteiger partial charge in [-0.25, -0.2) is 0 Å². The molecule has 0 saturated carbocycles. The fourth-order valence-corrected chi connectivity index (χ4v) is 3.98. The molecule has 5 nitrogen and oxygen atoms in total. The van der Waals surface area contributed by atoms with Gasteiger partial charge < -0.3 is 14.6 Å². The molecule has 1 saturated heterocycles. The minimum atomic E-state index is 0.214. The largest absolute Gasteiger partial charge is 0.497 e. The zero-order chi connectivity index (χ0) is 19.9. The summed E-state index contributed by atoms with van der Waals surface area (Å²) in [5.41, 5.74) is 3.83. The van der Waals surface area contributed by atoms with Crippen molar-refractivity contribution in [3.63, 3.8) is 0 Å². The van der Waals surface area contributed by atoms with Crippen molar-refractivity contribution in [3.05, 3.63) is 59.2 Å². The molecular formula is C23H32N2O3. The summed E-state index contributed by atoms with van der Waals surface area (Å²) in [6.07, 6.45) is 0.789. The normalized spacial score (nSPS) is 18.2. The van der Waals surface area contributed by atoms with Gasteiger partial charge in [-0.15, -0.1) is 0 Å². The van der Waals surface area contributed by atoms with E-state index in [2.05, 4.69) is 47.1 Å². The Kier molecular flexibility index (Phi) is 7.31. The highest BCUT2D eigenvalue weighted by molar-refractivity contribution is 5.40. The van der Waals surface area contributed by atoms with Crippen LogP contribution in [0.5, 0.6) is 11.5 Å². The Bertz CT molecular complexity index is 765. The first-order chi connectivity index (χ1) is 13.6. The lowest BCUT2D eigenvalue weighted by atomic mass is 10.0. The second-order valence-electron chi connectivity index (χ2n) is 7.48. The van der Waals surface area contributed by atoms with E-state index in [0.717, 1.165) is 56.2 Å². The molecule has 1 aliphatic heterocycles. The number of nitrogens with zero attached hydrogens (tertiary/aromatic N) is 2. The van der Waals surface area contributed by atoms with Crippen LogP contribution in [0.2, 0.25) is 0 Å². The summed E-state index contributed by atoms with van der Waals surface area (Å²) >= 11 is 0. The second kappa shape index (κ2) is 9.92. The van der Waals surface area contributed by atoms with Crippen LogP contribution in [-0.4, -0.2) is 61.4 Å². The number of piperazine rings is 1. The predicted molar refractivity (Wildman–Crippen MR) is 112 cm³/mol. The number of aliphatic hydroxyl groups is 1. The molecule has 2 aromatic rings. The highest BCUT2D eigenvalue weighted by Crippen LogP contribution is 2.27. The number of hydrogen-bond acceptors (Lipinski definition) is 5. The van der Waals surface area contributed by atoms with E-state index < -0.39 is 0 Å². The van der Waals surface area contributed by atoms with Crippen LogP contribution in [0.25, 0.3) is 0 Å². The summed E-state index contributed by atoms with van der Waals surface area (Å²) in [5, 5.41) is 9.60. The molecular weight excluding hydrogens is 352 g/mol. The van der Waals surface area contributed by atoms with Crippen LogP contribution in [0.4, 0.5) is 0 Å². The van der Waals surface area contributed by atoms with Crippen molar-refractivity contribution in [2.24, 2.45) is 0 Å². The molecule has 0 radical (unpaired) electrons. The fourth-order valence-electron chi connectivity index (χ4n) is 3.98. The third-order valence-corrected chi connectivity index (χ3v) is 5.67. The summed E-state index contributed by atoms with van der Waals surface area (Å²) in [6.45, 7) is 7.06. The number of aryl methyl sites for hydroxylation is 1. The van der Waals surface area contributed by atoms with E-state index >= 15 is 0 Å². The number of rotatable bonds is 8. The molecule has 1 heterocycles. The summed E-state index contributed by atoms with van der Waals surface area (Å²) in [7, 11) is 3.40. The van der Waals surface area contributed by atoms with E-state index in [4.69, 9.17) is 9.47 Å². The van der Waals surface area contributed by atoms with Gasteiger partial charge in [-0.05, 0) is 42.7 Å². The predicted octanol–water partition coefficient (Wildman–Crippen LogP) is 3.08. The molecule has 1 atom stereocenters. The summed E-state index contributed by atoms with van der Waals surface area (Å²) in [6, 6.07) is 14.9. The minimum absolute atomic E-state index is 0.214. The van der Waals surface area contributed by atoms with E-state index in [1.54, 1.807) is 14.2 Å². The standard InChI is InChI=1S/C23H32N2O3/c1-18-6-4-5-7-19(18)16-25-12-11-24(17-21(25)10-13-26)15-20-14-22(27-2)8-9-23(20)28-3/h4-9,14,21,26H,10-13,15-17H2,1-3H3/t21-/m1/s1. The average Bonchev–Trinajstić information content (AvgIpc) is 2.71. The smallest absolute Gasteiger partial charge is 0.123 e. The van der Waals surface area contributed by atoms with Crippen molar-refractivity contribution in [1.29, 1.82) is 0 Å². The SMILES string of the molecule is COc1ccc(OC)c(CN2CCN(Cc3ccccc3C)[C@H](CCO)C2)c1. The number of methoxy groups -OCH3 is 2. The fraction of sp³-hybridized carbons (Fsp3) is 0.478. The Morgan fingerprint density at radius 1 is 1.00 bits per heavy atom. The van der Waals surface area contributed by atoms with Gasteiger partial charge in [0.05, 0.1) is 14.2 Å². The van der Waals surface area contributed by atoms with Crippen molar-refractivity contribution in [2.75, 3.05) is 40.5 Å². The molecule has 152 valence electrons. The van der Waals surface area contributed by atoms with Gasteiger partial charge in [-0.2, -0.15) is 0 Å². The maximum atomic E-state index is 9.60. The van der Waals surface area contributed by atoms with Crippen LogP contribution in [0.15, 0.2) is 42.5 Å². The van der Waals surface area contributed by atoms with Gasteiger partial charge in [-0.1, -0.05) is 24.3 Å². The van der Waals surface area contributed by atoms with Gasteiger partial charge in [0.25, 0.3) is 0 Å². The first kappa shape index (κ1) is 20.6. The summed E-state index contributed by atoms with van der Waals surface area (Å²) in [4.78, 5) is 4.96.